The molecule has 3 aromatic heterocycles. The van der Waals surface area contributed by atoms with E-state index in [-0.39, 0.29) is 23.3 Å². The van der Waals surface area contributed by atoms with Crippen molar-refractivity contribution in [1.82, 2.24) is 40.4 Å². The topological polar surface area (TPSA) is 256 Å². The Hall–Kier alpha value is -2.67. The van der Waals surface area contributed by atoms with E-state index in [1.807, 2.05) is 0 Å². The number of tetrazole rings is 1. The van der Waals surface area contributed by atoms with Crippen molar-refractivity contribution in [3.8, 4) is 0 Å². The van der Waals surface area contributed by atoms with Crippen molar-refractivity contribution in [3.05, 3.63) is 17.8 Å². The van der Waals surface area contributed by atoms with E-state index in [4.69, 9.17) is 14.2 Å². The molecule has 1 aliphatic carbocycles. The molecule has 5 rings (SSSR count). The van der Waals surface area contributed by atoms with Gasteiger partial charge in [-0.05, 0) is 12.8 Å². The number of aromatic nitrogens is 8. The van der Waals surface area contributed by atoms with Gasteiger partial charge in [0.05, 0.1) is 31.2 Å². The van der Waals surface area contributed by atoms with E-state index in [0.717, 1.165) is 25.7 Å². The number of nitrogens with zero attached hydrogens (tertiary/aromatic N) is 7. The Balaban J connectivity index is 1.38. The van der Waals surface area contributed by atoms with Crippen LogP contribution in [0.2, 0.25) is 0 Å². The van der Waals surface area contributed by atoms with Crippen molar-refractivity contribution in [1.29, 1.82) is 0 Å². The van der Waals surface area contributed by atoms with Crippen LogP contribution < -0.4 is 5.32 Å². The monoisotopic (exact) mass is 585 g/mol. The van der Waals surface area contributed by atoms with Gasteiger partial charge in [-0.25, -0.2) is 14.6 Å². The zero-order chi connectivity index (χ0) is 28.5. The fraction of sp³-hybridized carbons (Fsp3) is 0.714. The smallest absolute Gasteiger partial charge is 0.359 e. The highest BCUT2D eigenvalue weighted by Crippen LogP contribution is 2.53. The molecule has 5 atom stereocenters. The van der Waals surface area contributed by atoms with Crippen molar-refractivity contribution >= 4 is 24.4 Å². The molecule has 18 nitrogen and oxygen atoms in total. The molecular formula is C21H32N9O9P. The Morgan fingerprint density at radius 1 is 1.23 bits per heavy atom. The molecule has 0 unspecified atom stereocenters. The molecule has 2 fully saturated rings. The van der Waals surface area contributed by atoms with Crippen molar-refractivity contribution in [2.75, 3.05) is 25.6 Å². The number of nitrogens with one attached hydrogen (secondary N) is 2. The average Bonchev–Trinajstić information content (AvgIpc) is 3.72. The summed E-state index contributed by atoms with van der Waals surface area (Å²) >= 11 is 0. The van der Waals surface area contributed by atoms with E-state index >= 15 is 0 Å². The molecule has 1 saturated carbocycles. The second-order valence-electron chi connectivity index (χ2n) is 9.88. The second kappa shape index (κ2) is 11.7. The van der Waals surface area contributed by atoms with Gasteiger partial charge in [0.25, 0.3) is 0 Å². The van der Waals surface area contributed by atoms with E-state index in [1.54, 1.807) is 0 Å². The number of hydrogen-bond acceptors (Lipinski definition) is 14. The standard InChI is InChI=1S/C21H32N9O9P/c1-37-10-21(40(34,35)36,6-14-26-28-29-27-14)38-9-13-16(32)17(33)20(39-13)30-19-12(7-22-30)18(24-15(8-31)25-19)23-11-4-2-3-5-11/h7,11,13,16-17,20,31-33H,2-6,8-10H2,1H3,(H,23,24,25)(H2,34,35,36)(H,26,27,28,29)/t13-,16-,17-,20-,21+/m0/s1. The van der Waals surface area contributed by atoms with Crippen molar-refractivity contribution in [2.45, 2.75) is 74.6 Å². The molecular weight excluding hydrogens is 553 g/mol. The van der Waals surface area contributed by atoms with Crippen molar-refractivity contribution in [3.63, 3.8) is 0 Å². The lowest BCUT2D eigenvalue weighted by Gasteiger charge is -2.33. The molecule has 2 aliphatic rings. The second-order valence-corrected chi connectivity index (χ2v) is 11.8. The molecule has 0 amide bonds. The van der Waals surface area contributed by atoms with Crippen LogP contribution in [0.15, 0.2) is 6.20 Å². The van der Waals surface area contributed by atoms with Crippen LogP contribution in [0.25, 0.3) is 11.0 Å². The van der Waals surface area contributed by atoms with E-state index < -0.39 is 63.7 Å². The number of anilines is 1. The number of methoxy groups -OCH3 is 1. The first kappa shape index (κ1) is 28.8. The number of ether oxygens (including phenoxy) is 3. The van der Waals surface area contributed by atoms with Gasteiger partial charge in [0.15, 0.2) is 28.9 Å². The Labute approximate surface area is 227 Å². The highest BCUT2D eigenvalue weighted by Gasteiger charge is 2.52. The number of rotatable bonds is 12. The van der Waals surface area contributed by atoms with Crippen LogP contribution in [0.5, 0.6) is 0 Å². The van der Waals surface area contributed by atoms with Gasteiger partial charge in [0.2, 0.25) is 0 Å². The third-order valence-electron chi connectivity index (χ3n) is 7.16. The minimum Gasteiger partial charge on any atom is -0.388 e. The van der Waals surface area contributed by atoms with Gasteiger partial charge in [0.1, 0.15) is 30.7 Å². The third kappa shape index (κ3) is 5.59. The zero-order valence-electron chi connectivity index (χ0n) is 21.6. The van der Waals surface area contributed by atoms with Crippen LogP contribution >= 0.6 is 7.60 Å². The summed E-state index contributed by atoms with van der Waals surface area (Å²) in [7, 11) is -3.77. The molecule has 0 radical (unpaired) electrons. The maximum Gasteiger partial charge on any atom is 0.359 e. The Morgan fingerprint density at radius 3 is 2.65 bits per heavy atom. The first-order valence-corrected chi connectivity index (χ1v) is 14.3. The third-order valence-corrected chi connectivity index (χ3v) is 8.63. The van der Waals surface area contributed by atoms with Gasteiger partial charge in [0, 0.05) is 13.2 Å². The van der Waals surface area contributed by atoms with E-state index in [2.05, 4.69) is 41.0 Å². The number of hydrogen-bond donors (Lipinski definition) is 7. The number of aliphatic hydroxyl groups is 3. The predicted molar refractivity (Wildman–Crippen MR) is 134 cm³/mol. The highest BCUT2D eigenvalue weighted by atomic mass is 31.2. The quantitative estimate of drug-likeness (QED) is 0.120. The average molecular weight is 586 g/mol. The fourth-order valence-corrected chi connectivity index (χ4v) is 5.94. The van der Waals surface area contributed by atoms with E-state index in [0.29, 0.717) is 11.2 Å². The highest BCUT2D eigenvalue weighted by molar-refractivity contribution is 7.53. The molecule has 3 aromatic rings. The lowest BCUT2D eigenvalue weighted by Crippen LogP contribution is -2.44. The molecule has 0 bridgehead atoms. The number of fused-ring (bicyclic) bond motifs is 1. The summed E-state index contributed by atoms with van der Waals surface area (Å²) < 4.78 is 30.4. The molecule has 7 N–H and O–H groups in total. The van der Waals surface area contributed by atoms with Crippen LogP contribution in [-0.4, -0.2) is 115 Å². The minimum atomic E-state index is -5.01. The lowest BCUT2D eigenvalue weighted by atomic mass is 10.1. The van der Waals surface area contributed by atoms with Crippen LogP contribution in [0.3, 0.4) is 0 Å². The Morgan fingerprint density at radius 2 is 2.00 bits per heavy atom. The molecule has 1 saturated heterocycles. The fourth-order valence-electron chi connectivity index (χ4n) is 5.05. The molecule has 40 heavy (non-hydrogen) atoms. The summed E-state index contributed by atoms with van der Waals surface area (Å²) in [5, 5.41) is 50.5. The number of H-pyrrole nitrogens is 1. The molecule has 0 aromatic carbocycles. The maximum atomic E-state index is 12.5. The van der Waals surface area contributed by atoms with E-state index in [9.17, 15) is 29.7 Å². The van der Waals surface area contributed by atoms with E-state index in [1.165, 1.54) is 18.0 Å². The van der Waals surface area contributed by atoms with Crippen molar-refractivity contribution in [2.24, 2.45) is 0 Å². The minimum absolute atomic E-state index is 0.0319. The predicted octanol–water partition coefficient (Wildman–Crippen LogP) is -1.41. The molecule has 4 heterocycles. The molecule has 1 aliphatic heterocycles. The molecule has 19 heteroatoms. The number of aliphatic hydroxyl groups excluding tert-OH is 3. The van der Waals surface area contributed by atoms with Crippen LogP contribution in [0, 0.1) is 0 Å². The first-order chi connectivity index (χ1) is 19.2. The van der Waals surface area contributed by atoms with Gasteiger partial charge in [-0.1, -0.05) is 18.1 Å². The molecule has 220 valence electrons. The summed E-state index contributed by atoms with van der Waals surface area (Å²) in [5.41, 5.74) is 0.262. The summed E-state index contributed by atoms with van der Waals surface area (Å²) in [6, 6.07) is 0.221. The summed E-state index contributed by atoms with van der Waals surface area (Å²) in [5.74, 6) is 0.596. The van der Waals surface area contributed by atoms with Gasteiger partial charge in [-0.15, -0.1) is 10.2 Å². The zero-order valence-corrected chi connectivity index (χ0v) is 22.5. The molecule has 0 spiro atoms. The van der Waals surface area contributed by atoms with Crippen LogP contribution in [0.1, 0.15) is 43.6 Å². The normalized spacial score (nSPS) is 25.6. The SMILES string of the molecule is COC[C@](Cc1nn[nH]n1)(OC[C@@H]1O[C@H](n2ncc3c(NC4CCCC4)nc(CO)nc32)[C@@H](O)[C@H]1O)P(=O)(O)O. The van der Waals surface area contributed by atoms with Gasteiger partial charge < -0.3 is 44.6 Å². The van der Waals surface area contributed by atoms with Gasteiger partial charge in [-0.3, -0.25) is 4.57 Å². The Bertz CT molecular complexity index is 1330. The summed E-state index contributed by atoms with van der Waals surface area (Å²) in [4.78, 5) is 29.1. The maximum absolute atomic E-state index is 12.5. The van der Waals surface area contributed by atoms with Gasteiger partial charge >= 0.3 is 7.60 Å². The lowest BCUT2D eigenvalue weighted by molar-refractivity contribution is -0.113. The van der Waals surface area contributed by atoms with Crippen LogP contribution in [-0.2, 0) is 31.8 Å². The van der Waals surface area contributed by atoms with Crippen LogP contribution in [0.4, 0.5) is 5.82 Å². The van der Waals surface area contributed by atoms with Crippen molar-refractivity contribution < 1.29 is 43.9 Å². The van der Waals surface area contributed by atoms with Gasteiger partial charge in [-0.2, -0.15) is 10.3 Å². The largest absolute Gasteiger partial charge is 0.388 e. The summed E-state index contributed by atoms with van der Waals surface area (Å²) in [6.45, 7) is -1.51. The summed E-state index contributed by atoms with van der Waals surface area (Å²) in [6.07, 6.45) is -0.250. The first-order valence-electron chi connectivity index (χ1n) is 12.7. The number of aromatic amines is 1. The Kier molecular flexibility index (Phi) is 8.42.